The van der Waals surface area contributed by atoms with E-state index in [4.69, 9.17) is 0 Å². The molecule has 0 saturated carbocycles. The molecule has 0 radical (unpaired) electrons. The van der Waals surface area contributed by atoms with Gasteiger partial charge in [0.15, 0.2) is 6.04 Å². The Morgan fingerprint density at radius 1 is 1.08 bits per heavy atom. The van der Waals surface area contributed by atoms with E-state index in [2.05, 4.69) is 16.0 Å². The molecule has 7 nitrogen and oxygen atoms in total. The summed E-state index contributed by atoms with van der Waals surface area (Å²) >= 11 is 0. The lowest BCUT2D eigenvalue weighted by Crippen LogP contribution is -2.62. The Balaban J connectivity index is 2.29. The Morgan fingerprint density at radius 2 is 1.85 bits per heavy atom. The summed E-state index contributed by atoms with van der Waals surface area (Å²) in [6.07, 6.45) is 1.29. The monoisotopic (exact) mass is 182 g/mol. The van der Waals surface area contributed by atoms with Crippen LogP contribution < -0.4 is 21.3 Å². The van der Waals surface area contributed by atoms with E-state index >= 15 is 0 Å². The van der Waals surface area contributed by atoms with E-state index in [0.29, 0.717) is 5.70 Å². The van der Waals surface area contributed by atoms with Crippen LogP contribution in [0.4, 0.5) is 9.59 Å². The number of carbonyl (C=O) groups is 3. The van der Waals surface area contributed by atoms with E-state index in [1.807, 2.05) is 5.32 Å². The Labute approximate surface area is 72.5 Å². The molecule has 2 aliphatic rings. The summed E-state index contributed by atoms with van der Waals surface area (Å²) in [6.45, 7) is 0. The summed E-state index contributed by atoms with van der Waals surface area (Å²) in [5, 5.41) is 9.07. The fraction of sp³-hybridized carbons (Fsp3) is 0.167. The highest BCUT2D eigenvalue weighted by atomic mass is 16.2. The molecule has 1 unspecified atom stereocenters. The summed E-state index contributed by atoms with van der Waals surface area (Å²) in [7, 11) is 0. The van der Waals surface area contributed by atoms with Crippen LogP contribution in [0.15, 0.2) is 11.9 Å². The van der Waals surface area contributed by atoms with Gasteiger partial charge in [0.1, 0.15) is 0 Å². The lowest BCUT2D eigenvalue weighted by molar-refractivity contribution is -0.121. The van der Waals surface area contributed by atoms with Gasteiger partial charge < -0.3 is 16.0 Å². The van der Waals surface area contributed by atoms with Crippen LogP contribution in [0.1, 0.15) is 0 Å². The van der Waals surface area contributed by atoms with Gasteiger partial charge in [-0.25, -0.2) is 9.59 Å². The smallest absolute Gasteiger partial charge is 0.321 e. The van der Waals surface area contributed by atoms with Crippen LogP contribution in [-0.2, 0) is 4.79 Å². The number of rotatable bonds is 0. The van der Waals surface area contributed by atoms with Crippen molar-refractivity contribution in [2.24, 2.45) is 0 Å². The molecule has 0 aromatic heterocycles. The number of fused-ring (bicyclic) bond motifs is 1. The fourth-order valence-corrected chi connectivity index (χ4v) is 1.14. The molecule has 0 spiro atoms. The van der Waals surface area contributed by atoms with Gasteiger partial charge in [0.25, 0.3) is 5.91 Å². The summed E-state index contributed by atoms with van der Waals surface area (Å²) in [5.74, 6) is -0.537. The summed E-state index contributed by atoms with van der Waals surface area (Å²) in [6, 6.07) is -1.86. The van der Waals surface area contributed by atoms with Crippen LogP contribution in [0.25, 0.3) is 0 Å². The molecule has 5 amide bonds. The lowest BCUT2D eigenvalue weighted by atomic mass is 10.1. The number of amides is 5. The molecular weight excluding hydrogens is 176 g/mol. The van der Waals surface area contributed by atoms with Crippen LogP contribution >= 0.6 is 0 Å². The lowest BCUT2D eigenvalue weighted by Gasteiger charge is -2.28. The molecule has 13 heavy (non-hydrogen) atoms. The van der Waals surface area contributed by atoms with Gasteiger partial charge in [-0.1, -0.05) is 0 Å². The number of imide groups is 1. The molecule has 1 fully saturated rings. The van der Waals surface area contributed by atoms with Crippen LogP contribution in [0.2, 0.25) is 0 Å². The second kappa shape index (κ2) is 2.47. The van der Waals surface area contributed by atoms with Crippen LogP contribution in [-0.4, -0.2) is 24.0 Å². The average Bonchev–Trinajstić information content (AvgIpc) is 2.06. The third kappa shape index (κ3) is 1.19. The zero-order chi connectivity index (χ0) is 9.42. The first-order valence-electron chi connectivity index (χ1n) is 3.56. The van der Waals surface area contributed by atoms with Crippen molar-refractivity contribution >= 4 is 18.0 Å². The molecule has 68 valence electrons. The predicted octanol–water partition coefficient (Wildman–Crippen LogP) is -1.65. The van der Waals surface area contributed by atoms with Gasteiger partial charge >= 0.3 is 12.1 Å². The van der Waals surface area contributed by atoms with E-state index in [-0.39, 0.29) is 0 Å². The molecule has 2 rings (SSSR count). The highest BCUT2D eigenvalue weighted by molar-refractivity contribution is 6.04. The van der Waals surface area contributed by atoms with Crippen molar-refractivity contribution in [3.63, 3.8) is 0 Å². The molecule has 0 bridgehead atoms. The predicted molar refractivity (Wildman–Crippen MR) is 40.2 cm³/mol. The quantitative estimate of drug-likeness (QED) is 0.361. The van der Waals surface area contributed by atoms with Crippen LogP contribution in [0.5, 0.6) is 0 Å². The highest BCUT2D eigenvalue weighted by Gasteiger charge is 2.34. The normalized spacial score (nSPS) is 26.0. The van der Waals surface area contributed by atoms with Crippen molar-refractivity contribution in [3.05, 3.63) is 11.9 Å². The maximum absolute atomic E-state index is 11.1. The van der Waals surface area contributed by atoms with E-state index in [9.17, 15) is 14.4 Å². The van der Waals surface area contributed by atoms with Gasteiger partial charge in [0.05, 0.1) is 5.70 Å². The Morgan fingerprint density at radius 3 is 2.62 bits per heavy atom. The molecular formula is C6H6N4O3. The molecule has 1 saturated heterocycles. The van der Waals surface area contributed by atoms with E-state index in [1.165, 1.54) is 6.20 Å². The maximum atomic E-state index is 11.1. The Bertz CT molecular complexity index is 335. The molecule has 2 heterocycles. The minimum Gasteiger partial charge on any atom is -0.321 e. The molecule has 0 aliphatic carbocycles. The first-order chi connectivity index (χ1) is 6.16. The molecule has 7 heteroatoms. The Kier molecular flexibility index (Phi) is 1.44. The topological polar surface area (TPSA) is 99.3 Å². The van der Waals surface area contributed by atoms with E-state index in [1.54, 1.807) is 0 Å². The van der Waals surface area contributed by atoms with Gasteiger partial charge in [-0.15, -0.1) is 0 Å². The molecule has 4 N–H and O–H groups in total. The van der Waals surface area contributed by atoms with Crippen molar-refractivity contribution < 1.29 is 14.4 Å². The number of hydrogen-bond acceptors (Lipinski definition) is 3. The number of urea groups is 2. The third-order valence-corrected chi connectivity index (χ3v) is 1.70. The standard InChI is InChI=1S/C6H6N4O3/c11-4-3-2(8-6(13)10-4)1-7-5(12)9-3/h1,3H,(H2,7,9,12)(H2,8,10,11,13). The van der Waals surface area contributed by atoms with Gasteiger partial charge in [-0.2, -0.15) is 0 Å². The third-order valence-electron chi connectivity index (χ3n) is 1.70. The summed E-state index contributed by atoms with van der Waals surface area (Å²) < 4.78 is 0. The summed E-state index contributed by atoms with van der Waals surface area (Å²) in [5.41, 5.74) is 0.341. The van der Waals surface area contributed by atoms with Crippen molar-refractivity contribution in [2.75, 3.05) is 0 Å². The van der Waals surface area contributed by atoms with E-state index < -0.39 is 24.0 Å². The van der Waals surface area contributed by atoms with Crippen molar-refractivity contribution in [1.82, 2.24) is 21.3 Å². The van der Waals surface area contributed by atoms with Crippen molar-refractivity contribution in [2.45, 2.75) is 6.04 Å². The Hall–Kier alpha value is -2.05. The zero-order valence-electron chi connectivity index (χ0n) is 6.38. The fourth-order valence-electron chi connectivity index (χ4n) is 1.14. The van der Waals surface area contributed by atoms with Crippen LogP contribution in [0.3, 0.4) is 0 Å². The maximum Gasteiger partial charge on any atom is 0.325 e. The SMILES string of the molecule is O=C1NC(=O)C2NC(=O)NC=C2N1. The van der Waals surface area contributed by atoms with Gasteiger partial charge in [-0.05, 0) is 0 Å². The second-order valence-electron chi connectivity index (χ2n) is 2.59. The van der Waals surface area contributed by atoms with Gasteiger partial charge in [-0.3, -0.25) is 10.1 Å². The molecule has 1 atom stereocenters. The molecule has 0 aromatic rings. The number of hydrogen-bond donors (Lipinski definition) is 4. The van der Waals surface area contributed by atoms with Crippen LogP contribution in [0, 0.1) is 0 Å². The number of carbonyl (C=O) groups excluding carboxylic acids is 3. The largest absolute Gasteiger partial charge is 0.325 e. The van der Waals surface area contributed by atoms with Gasteiger partial charge in [0, 0.05) is 6.20 Å². The highest BCUT2D eigenvalue weighted by Crippen LogP contribution is 2.05. The summed E-state index contributed by atoms with van der Waals surface area (Å²) in [4.78, 5) is 32.7. The first-order valence-corrected chi connectivity index (χ1v) is 3.56. The minimum atomic E-state index is -0.800. The molecule has 2 aliphatic heterocycles. The molecule has 0 aromatic carbocycles. The first kappa shape index (κ1) is 7.59. The zero-order valence-corrected chi connectivity index (χ0v) is 6.38. The second-order valence-corrected chi connectivity index (χ2v) is 2.59. The van der Waals surface area contributed by atoms with Gasteiger partial charge in [0.2, 0.25) is 0 Å². The van der Waals surface area contributed by atoms with Crippen molar-refractivity contribution in [1.29, 1.82) is 0 Å². The minimum absolute atomic E-state index is 0.341. The van der Waals surface area contributed by atoms with Crippen molar-refractivity contribution in [3.8, 4) is 0 Å². The van der Waals surface area contributed by atoms with E-state index in [0.717, 1.165) is 0 Å². The average molecular weight is 182 g/mol. The number of nitrogens with one attached hydrogen (secondary N) is 4.